The number of likely N-dealkylation sites (tertiary alicyclic amines) is 1. The van der Waals surface area contributed by atoms with Gasteiger partial charge < -0.3 is 24.7 Å². The summed E-state index contributed by atoms with van der Waals surface area (Å²) in [4.78, 5) is 43.4. The van der Waals surface area contributed by atoms with Crippen LogP contribution in [-0.2, 0) is 16.2 Å². The van der Waals surface area contributed by atoms with Crippen LogP contribution in [0.4, 0.5) is 4.39 Å². The van der Waals surface area contributed by atoms with Crippen LogP contribution in [0.2, 0.25) is 0 Å². The normalized spacial score (nSPS) is 17.9. The van der Waals surface area contributed by atoms with Crippen molar-refractivity contribution in [3.63, 3.8) is 0 Å². The third-order valence-corrected chi connectivity index (χ3v) is 6.60. The highest BCUT2D eigenvalue weighted by Crippen LogP contribution is 2.29. The first-order valence-electron chi connectivity index (χ1n) is 12.4. The highest BCUT2D eigenvalue weighted by Gasteiger charge is 2.34. The number of hydrogen-bond donors (Lipinski definition) is 1. The Morgan fingerprint density at radius 2 is 1.97 bits per heavy atom. The lowest BCUT2D eigenvalue weighted by atomic mass is 9.88. The Morgan fingerprint density at radius 3 is 2.68 bits per heavy atom. The first-order valence-corrected chi connectivity index (χ1v) is 12.4. The molecule has 11 heteroatoms. The van der Waals surface area contributed by atoms with Crippen LogP contribution >= 0.6 is 0 Å². The molecule has 2 amide bonds. The smallest absolute Gasteiger partial charge is 0.270 e. The van der Waals surface area contributed by atoms with Crippen molar-refractivity contribution in [1.29, 1.82) is 0 Å². The summed E-state index contributed by atoms with van der Waals surface area (Å²) in [5, 5.41) is 7.08. The maximum atomic E-state index is 13.6. The third kappa shape index (κ3) is 6.59. The van der Waals surface area contributed by atoms with E-state index in [1.165, 1.54) is 13.2 Å². The number of likely N-dealkylation sites (N-methyl/N-ethyl adjacent to an activating group) is 1. The molecule has 10 nitrogen and oxygen atoms in total. The lowest BCUT2D eigenvalue weighted by Gasteiger charge is -2.34. The molecular formula is C26H33FN6O4. The summed E-state index contributed by atoms with van der Waals surface area (Å²) in [7, 11) is 5.17. The number of nitrogens with zero attached hydrogens (tertiary/aromatic N) is 5. The van der Waals surface area contributed by atoms with Gasteiger partial charge in [0, 0.05) is 32.0 Å². The average Bonchev–Trinajstić information content (AvgIpc) is 3.38. The quantitative estimate of drug-likeness (QED) is 0.577. The van der Waals surface area contributed by atoms with Crippen LogP contribution in [-0.4, -0.2) is 84.2 Å². The van der Waals surface area contributed by atoms with Crippen molar-refractivity contribution in [3.05, 3.63) is 52.9 Å². The number of methoxy groups -OCH3 is 1. The number of carbonyl (C=O) groups is 2. The van der Waals surface area contributed by atoms with Crippen molar-refractivity contribution in [2.45, 2.75) is 38.8 Å². The number of rotatable bonds is 8. The summed E-state index contributed by atoms with van der Waals surface area (Å²) < 4.78 is 18.6. The number of oxime groups is 1. The third-order valence-electron chi connectivity index (χ3n) is 6.60. The van der Waals surface area contributed by atoms with Gasteiger partial charge in [0.1, 0.15) is 23.3 Å². The van der Waals surface area contributed by atoms with Crippen LogP contribution in [0.15, 0.2) is 29.4 Å². The Hall–Kier alpha value is -3.60. The van der Waals surface area contributed by atoms with Crippen molar-refractivity contribution >= 4 is 17.5 Å². The molecule has 0 bridgehead atoms. The van der Waals surface area contributed by atoms with Crippen molar-refractivity contribution in [2.75, 3.05) is 40.8 Å². The summed E-state index contributed by atoms with van der Waals surface area (Å²) in [6, 6.07) is 6.04. The summed E-state index contributed by atoms with van der Waals surface area (Å²) in [5.41, 5.74) is 2.15. The summed E-state index contributed by atoms with van der Waals surface area (Å²) in [5.74, 6) is 0.170. The topological polar surface area (TPSA) is 109 Å². The standard InChI is InChI=1S/C26H33FN6O4/c1-16-29-20(12-22(30-16)26(35)28-14-17-5-6-19(27)24(11-17)36-4)21-13-23(37-31-21)18-7-9-33(10-8-18)25(34)15-32(2)3/h5-6,11-12,18,23H,7-10,13-15H2,1-4H3,(H,28,35). The van der Waals surface area contributed by atoms with Crippen molar-refractivity contribution < 1.29 is 23.6 Å². The zero-order valence-electron chi connectivity index (χ0n) is 21.7. The highest BCUT2D eigenvalue weighted by molar-refractivity contribution is 6.02. The van der Waals surface area contributed by atoms with Gasteiger partial charge in [-0.05, 0) is 57.6 Å². The number of halogens is 1. The van der Waals surface area contributed by atoms with E-state index in [1.807, 2.05) is 23.9 Å². The molecule has 0 saturated carbocycles. The zero-order valence-corrected chi connectivity index (χ0v) is 21.7. The molecule has 1 aromatic heterocycles. The number of nitrogens with one attached hydrogen (secondary N) is 1. The molecule has 4 rings (SSSR count). The Kier molecular flexibility index (Phi) is 8.32. The minimum Gasteiger partial charge on any atom is -0.494 e. The van der Waals surface area contributed by atoms with E-state index in [9.17, 15) is 14.0 Å². The average molecular weight is 513 g/mol. The summed E-state index contributed by atoms with van der Waals surface area (Å²) in [6.45, 7) is 3.75. The second-order valence-electron chi connectivity index (χ2n) is 9.68. The molecule has 37 heavy (non-hydrogen) atoms. The lowest BCUT2D eigenvalue weighted by Crippen LogP contribution is -2.44. The zero-order chi connectivity index (χ0) is 26.5. The lowest BCUT2D eigenvalue weighted by molar-refractivity contribution is -0.134. The van der Waals surface area contributed by atoms with Gasteiger partial charge in [-0.3, -0.25) is 9.59 Å². The van der Waals surface area contributed by atoms with Crippen LogP contribution < -0.4 is 10.1 Å². The van der Waals surface area contributed by atoms with E-state index in [4.69, 9.17) is 9.57 Å². The predicted octanol–water partition coefficient (Wildman–Crippen LogP) is 2.16. The molecule has 1 atom stereocenters. The van der Waals surface area contributed by atoms with E-state index >= 15 is 0 Å². The van der Waals surface area contributed by atoms with Crippen molar-refractivity contribution in [1.82, 2.24) is 25.1 Å². The first-order chi connectivity index (χ1) is 17.7. The molecule has 1 N–H and O–H groups in total. The van der Waals surface area contributed by atoms with E-state index in [1.54, 1.807) is 25.1 Å². The van der Waals surface area contributed by atoms with Gasteiger partial charge in [0.15, 0.2) is 11.6 Å². The number of aromatic nitrogens is 2. The van der Waals surface area contributed by atoms with Crippen molar-refractivity contribution in [3.8, 4) is 5.75 Å². The van der Waals surface area contributed by atoms with E-state index < -0.39 is 5.82 Å². The van der Waals surface area contributed by atoms with Crippen LogP contribution in [0.1, 0.15) is 46.8 Å². The second-order valence-corrected chi connectivity index (χ2v) is 9.68. The van der Waals surface area contributed by atoms with Gasteiger partial charge in [-0.15, -0.1) is 0 Å². The largest absolute Gasteiger partial charge is 0.494 e. The molecule has 198 valence electrons. The second kappa shape index (κ2) is 11.6. The molecule has 0 spiro atoms. The SMILES string of the molecule is COc1cc(CNC(=O)c2cc(C3=NOC(C4CCN(C(=O)CN(C)C)CC4)C3)nc(C)n2)ccc1F. The molecule has 2 aromatic rings. The summed E-state index contributed by atoms with van der Waals surface area (Å²) in [6.07, 6.45) is 2.22. The fourth-order valence-corrected chi connectivity index (χ4v) is 4.61. The molecule has 1 fully saturated rings. The highest BCUT2D eigenvalue weighted by atomic mass is 19.1. The van der Waals surface area contributed by atoms with E-state index in [0.717, 1.165) is 12.8 Å². The number of ether oxygens (including phenoxy) is 1. The van der Waals surface area contributed by atoms with Crippen LogP contribution in [0.25, 0.3) is 0 Å². The molecule has 2 aliphatic rings. The van der Waals surface area contributed by atoms with E-state index in [2.05, 4.69) is 20.4 Å². The number of amides is 2. The van der Waals surface area contributed by atoms with Crippen LogP contribution in [0.3, 0.4) is 0 Å². The maximum Gasteiger partial charge on any atom is 0.270 e. The van der Waals surface area contributed by atoms with E-state index in [0.29, 0.717) is 54.8 Å². The Bertz CT molecular complexity index is 1180. The molecular weight excluding hydrogens is 479 g/mol. The minimum atomic E-state index is -0.463. The predicted molar refractivity (Wildman–Crippen MR) is 135 cm³/mol. The van der Waals surface area contributed by atoms with Crippen molar-refractivity contribution in [2.24, 2.45) is 11.1 Å². The molecule has 0 radical (unpaired) electrons. The molecule has 1 aromatic carbocycles. The van der Waals surface area contributed by atoms with Crippen LogP contribution in [0.5, 0.6) is 5.75 Å². The number of piperidine rings is 1. The number of benzene rings is 1. The minimum absolute atomic E-state index is 0.0814. The van der Waals surface area contributed by atoms with Gasteiger partial charge in [0.25, 0.3) is 5.91 Å². The van der Waals surface area contributed by atoms with Gasteiger partial charge in [0.2, 0.25) is 5.91 Å². The Morgan fingerprint density at radius 1 is 1.22 bits per heavy atom. The summed E-state index contributed by atoms with van der Waals surface area (Å²) >= 11 is 0. The molecule has 0 aliphatic carbocycles. The fourth-order valence-electron chi connectivity index (χ4n) is 4.61. The Labute approximate surface area is 215 Å². The van der Waals surface area contributed by atoms with Gasteiger partial charge in [-0.1, -0.05) is 11.2 Å². The molecule has 3 heterocycles. The number of carbonyl (C=O) groups excluding carboxylic acids is 2. The van der Waals surface area contributed by atoms with Gasteiger partial charge >= 0.3 is 0 Å². The number of hydrogen-bond acceptors (Lipinski definition) is 8. The number of aryl methyl sites for hydroxylation is 1. The molecule has 2 aliphatic heterocycles. The van der Waals surface area contributed by atoms with Gasteiger partial charge in [0.05, 0.1) is 19.3 Å². The van der Waals surface area contributed by atoms with Gasteiger partial charge in [-0.25, -0.2) is 14.4 Å². The van der Waals surface area contributed by atoms with Gasteiger partial charge in [-0.2, -0.15) is 0 Å². The fraction of sp³-hybridized carbons (Fsp3) is 0.500. The first kappa shape index (κ1) is 26.5. The van der Waals surface area contributed by atoms with E-state index in [-0.39, 0.29) is 35.9 Å². The monoisotopic (exact) mass is 512 g/mol. The maximum absolute atomic E-state index is 13.6. The molecule has 1 saturated heterocycles. The van der Waals surface area contributed by atoms with Crippen LogP contribution in [0, 0.1) is 18.7 Å². The molecule has 1 unspecified atom stereocenters. The Balaban J connectivity index is 1.34.